The number of carbonyl (C=O) groups excluding carboxylic acids is 2. The van der Waals surface area contributed by atoms with Crippen molar-refractivity contribution in [3.8, 4) is 0 Å². The third-order valence-corrected chi connectivity index (χ3v) is 5.70. The summed E-state index contributed by atoms with van der Waals surface area (Å²) in [5.74, 6) is 0.577. The molecule has 1 aromatic heterocycles. The number of nitrogens with zero attached hydrogens (tertiary/aromatic N) is 2. The first kappa shape index (κ1) is 21.1. The maximum Gasteiger partial charge on any atom is 0.249 e. The third kappa shape index (κ3) is 4.94. The maximum atomic E-state index is 12.8. The molecule has 1 saturated heterocycles. The lowest BCUT2D eigenvalue weighted by atomic mass is 10.1. The summed E-state index contributed by atoms with van der Waals surface area (Å²) in [4.78, 5) is 29.7. The zero-order valence-corrected chi connectivity index (χ0v) is 18.0. The summed E-state index contributed by atoms with van der Waals surface area (Å²) in [6.45, 7) is 5.31. The fraction of sp³-hybridized carbons (Fsp3) is 0.375. The summed E-state index contributed by atoms with van der Waals surface area (Å²) in [6, 6.07) is 13.6. The minimum absolute atomic E-state index is 0.0763. The third-order valence-electron chi connectivity index (χ3n) is 5.70. The van der Waals surface area contributed by atoms with E-state index in [0.29, 0.717) is 19.6 Å². The van der Waals surface area contributed by atoms with Gasteiger partial charge in [-0.25, -0.2) is 4.98 Å². The number of hydrogen-bond donors (Lipinski definition) is 2. The first-order valence-electron chi connectivity index (χ1n) is 10.7. The van der Waals surface area contributed by atoms with Crippen LogP contribution in [0.3, 0.4) is 0 Å². The standard InChI is InChI=1S/C24H28N4O3/c1-16-9-10-18(14-17(16)2)26-23(29)15-28-20-7-4-3-6-19(20)27-22(28)11-12-25-24(30)21-8-5-13-31-21/h3-4,6-7,9-10,14,21H,5,8,11-13,15H2,1-2H3,(H,25,30)(H,26,29). The number of aryl methyl sites for hydroxylation is 2. The minimum Gasteiger partial charge on any atom is -0.368 e. The molecule has 1 aliphatic rings. The van der Waals surface area contributed by atoms with E-state index in [-0.39, 0.29) is 24.5 Å². The van der Waals surface area contributed by atoms with Gasteiger partial charge in [-0.3, -0.25) is 9.59 Å². The van der Waals surface area contributed by atoms with Gasteiger partial charge in [0.15, 0.2) is 0 Å². The van der Waals surface area contributed by atoms with Crippen LogP contribution in [0.15, 0.2) is 42.5 Å². The Bertz CT molecular complexity index is 1100. The molecule has 2 amide bonds. The molecule has 3 aromatic rings. The maximum absolute atomic E-state index is 12.8. The Hall–Kier alpha value is -3.19. The van der Waals surface area contributed by atoms with Gasteiger partial charge in [-0.2, -0.15) is 0 Å². The van der Waals surface area contributed by atoms with Crippen molar-refractivity contribution >= 4 is 28.5 Å². The molecule has 0 saturated carbocycles. The number of benzene rings is 2. The van der Waals surface area contributed by atoms with Crippen LogP contribution in [0.5, 0.6) is 0 Å². The number of anilines is 1. The molecule has 7 nitrogen and oxygen atoms in total. The second kappa shape index (κ2) is 9.31. The Morgan fingerprint density at radius 2 is 2.00 bits per heavy atom. The van der Waals surface area contributed by atoms with Crippen LogP contribution in [0.4, 0.5) is 5.69 Å². The van der Waals surface area contributed by atoms with Gasteiger partial charge in [0.2, 0.25) is 11.8 Å². The van der Waals surface area contributed by atoms with E-state index in [1.165, 1.54) is 5.56 Å². The number of carbonyl (C=O) groups is 2. The Balaban J connectivity index is 1.46. The summed E-state index contributed by atoms with van der Waals surface area (Å²) in [5.41, 5.74) is 4.84. The highest BCUT2D eigenvalue weighted by molar-refractivity contribution is 5.92. The molecule has 2 heterocycles. The molecule has 1 fully saturated rings. The molecule has 0 spiro atoms. The molecular formula is C24H28N4O3. The van der Waals surface area contributed by atoms with E-state index >= 15 is 0 Å². The molecule has 31 heavy (non-hydrogen) atoms. The Labute approximate surface area is 181 Å². The molecule has 1 aliphatic heterocycles. The van der Waals surface area contributed by atoms with Gasteiger partial charge in [0.1, 0.15) is 18.5 Å². The van der Waals surface area contributed by atoms with Crippen molar-refractivity contribution in [1.29, 1.82) is 0 Å². The summed E-state index contributed by atoms with van der Waals surface area (Å²) in [6.07, 6.45) is 1.87. The largest absolute Gasteiger partial charge is 0.368 e. The number of rotatable bonds is 7. The summed E-state index contributed by atoms with van der Waals surface area (Å²) < 4.78 is 7.35. The Morgan fingerprint density at radius 1 is 1.16 bits per heavy atom. The molecule has 0 aliphatic carbocycles. The number of nitrogens with one attached hydrogen (secondary N) is 2. The second-order valence-corrected chi connectivity index (χ2v) is 7.99. The van der Waals surface area contributed by atoms with Crippen LogP contribution < -0.4 is 10.6 Å². The number of amides is 2. The van der Waals surface area contributed by atoms with E-state index in [9.17, 15) is 9.59 Å². The molecule has 2 aromatic carbocycles. The number of fused-ring (bicyclic) bond motifs is 1. The molecular weight excluding hydrogens is 392 g/mol. The van der Waals surface area contributed by atoms with Crippen LogP contribution >= 0.6 is 0 Å². The second-order valence-electron chi connectivity index (χ2n) is 7.99. The van der Waals surface area contributed by atoms with Crippen molar-refractivity contribution in [2.24, 2.45) is 0 Å². The normalized spacial score (nSPS) is 15.9. The van der Waals surface area contributed by atoms with E-state index in [2.05, 4.69) is 10.6 Å². The summed E-state index contributed by atoms with van der Waals surface area (Å²) in [7, 11) is 0. The van der Waals surface area contributed by atoms with Crippen LogP contribution in [-0.2, 0) is 27.3 Å². The minimum atomic E-state index is -0.345. The van der Waals surface area contributed by atoms with Gasteiger partial charge in [-0.1, -0.05) is 18.2 Å². The van der Waals surface area contributed by atoms with E-state index < -0.39 is 0 Å². The van der Waals surface area contributed by atoms with E-state index in [0.717, 1.165) is 41.0 Å². The smallest absolute Gasteiger partial charge is 0.249 e. The van der Waals surface area contributed by atoms with E-state index in [1.54, 1.807) is 0 Å². The zero-order valence-electron chi connectivity index (χ0n) is 18.0. The Kier molecular flexibility index (Phi) is 6.32. The summed E-state index contributed by atoms with van der Waals surface area (Å²) >= 11 is 0. The molecule has 1 unspecified atom stereocenters. The van der Waals surface area contributed by atoms with Gasteiger partial charge in [0, 0.05) is 25.3 Å². The summed E-state index contributed by atoms with van der Waals surface area (Å²) in [5, 5.41) is 5.91. The van der Waals surface area contributed by atoms with Crippen LogP contribution in [0.2, 0.25) is 0 Å². The number of aromatic nitrogens is 2. The van der Waals surface area contributed by atoms with Crippen molar-refractivity contribution in [2.45, 2.75) is 45.8 Å². The lowest BCUT2D eigenvalue weighted by molar-refractivity contribution is -0.130. The molecule has 7 heteroatoms. The van der Waals surface area contributed by atoms with Gasteiger partial charge < -0.3 is 19.9 Å². The van der Waals surface area contributed by atoms with Gasteiger partial charge in [-0.15, -0.1) is 0 Å². The van der Waals surface area contributed by atoms with Crippen molar-refractivity contribution in [1.82, 2.24) is 14.9 Å². The molecule has 2 N–H and O–H groups in total. The monoisotopic (exact) mass is 420 g/mol. The number of para-hydroxylation sites is 2. The van der Waals surface area contributed by atoms with Crippen molar-refractivity contribution in [2.75, 3.05) is 18.5 Å². The fourth-order valence-corrected chi connectivity index (χ4v) is 3.85. The average molecular weight is 421 g/mol. The van der Waals surface area contributed by atoms with Crippen molar-refractivity contribution < 1.29 is 14.3 Å². The predicted octanol–water partition coefficient (Wildman–Crippen LogP) is 3.13. The lowest BCUT2D eigenvalue weighted by Crippen LogP contribution is -2.35. The lowest BCUT2D eigenvalue weighted by Gasteiger charge is -2.12. The van der Waals surface area contributed by atoms with E-state index in [4.69, 9.17) is 9.72 Å². The first-order chi connectivity index (χ1) is 15.0. The van der Waals surface area contributed by atoms with Gasteiger partial charge in [0.25, 0.3) is 0 Å². The van der Waals surface area contributed by atoms with Crippen LogP contribution in [0.25, 0.3) is 11.0 Å². The van der Waals surface area contributed by atoms with Crippen molar-refractivity contribution in [3.63, 3.8) is 0 Å². The van der Waals surface area contributed by atoms with Crippen LogP contribution in [0.1, 0.15) is 29.8 Å². The number of ether oxygens (including phenoxy) is 1. The predicted molar refractivity (Wildman–Crippen MR) is 120 cm³/mol. The molecule has 162 valence electrons. The van der Waals surface area contributed by atoms with E-state index in [1.807, 2.05) is 60.9 Å². The molecule has 0 radical (unpaired) electrons. The topological polar surface area (TPSA) is 85.2 Å². The van der Waals surface area contributed by atoms with Crippen molar-refractivity contribution in [3.05, 3.63) is 59.4 Å². The fourth-order valence-electron chi connectivity index (χ4n) is 3.85. The highest BCUT2D eigenvalue weighted by Gasteiger charge is 2.23. The SMILES string of the molecule is Cc1ccc(NC(=O)Cn2c(CCNC(=O)C3CCCO3)nc3ccccc32)cc1C. The number of imidazole rings is 1. The van der Waals surface area contributed by atoms with Gasteiger partial charge in [0.05, 0.1) is 11.0 Å². The zero-order chi connectivity index (χ0) is 21.8. The van der Waals surface area contributed by atoms with Gasteiger partial charge in [-0.05, 0) is 62.1 Å². The van der Waals surface area contributed by atoms with Crippen LogP contribution in [-0.4, -0.2) is 40.6 Å². The molecule has 1 atom stereocenters. The quantitative estimate of drug-likeness (QED) is 0.615. The Morgan fingerprint density at radius 3 is 2.77 bits per heavy atom. The molecule has 4 rings (SSSR count). The highest BCUT2D eigenvalue weighted by Crippen LogP contribution is 2.18. The van der Waals surface area contributed by atoms with Crippen LogP contribution in [0, 0.1) is 13.8 Å². The average Bonchev–Trinajstić information content (AvgIpc) is 3.40. The number of hydrogen-bond acceptors (Lipinski definition) is 4. The first-order valence-corrected chi connectivity index (χ1v) is 10.7. The molecule has 0 bridgehead atoms. The van der Waals surface area contributed by atoms with Gasteiger partial charge >= 0.3 is 0 Å². The highest BCUT2D eigenvalue weighted by atomic mass is 16.5.